The Morgan fingerprint density at radius 3 is 2.17 bits per heavy atom. The number of aromatic nitrogens is 1. The second kappa shape index (κ2) is 8.70. The number of hydrogen-bond acceptors (Lipinski definition) is 5. The topological polar surface area (TPSA) is 80.9 Å². The third-order valence-electron chi connectivity index (χ3n) is 4.21. The van der Waals surface area contributed by atoms with Crippen LogP contribution in [0.4, 0.5) is 5.69 Å². The number of halogens is 1. The van der Waals surface area contributed by atoms with E-state index in [-0.39, 0.29) is 22.3 Å². The maximum atomic E-state index is 12.9. The van der Waals surface area contributed by atoms with E-state index < -0.39 is 11.3 Å². The zero-order valence-electron chi connectivity index (χ0n) is 16.1. The number of rotatable bonds is 6. The van der Waals surface area contributed by atoms with Gasteiger partial charge in [0.25, 0.3) is 5.91 Å². The molecule has 0 radical (unpaired) electrons. The number of anilines is 1. The second-order valence-corrected chi connectivity index (χ2v) is 6.36. The lowest BCUT2D eigenvalue weighted by molar-refractivity contribution is 0.0991. The number of pyridine rings is 1. The van der Waals surface area contributed by atoms with Gasteiger partial charge in [-0.05, 0) is 36.4 Å². The fourth-order valence-electron chi connectivity index (χ4n) is 2.70. The molecule has 150 valence electrons. The van der Waals surface area contributed by atoms with Gasteiger partial charge in [0.05, 0.1) is 14.2 Å². The molecule has 0 aliphatic carbocycles. The third-order valence-corrected chi connectivity index (χ3v) is 4.50. The standard InChI is InChI=1S/C21H19ClN2O5/c1-24(13-9-11-15(12-10-13)29-14-7-5-4-6-8-14)21(26)16-17(25)18(27-2)20(28-3)23-19(16)22/h4-12H,1-3H3,(H,23,25). The summed E-state index contributed by atoms with van der Waals surface area (Å²) in [5.74, 6) is 0.648. The van der Waals surface area contributed by atoms with E-state index in [4.69, 9.17) is 25.8 Å². The highest BCUT2D eigenvalue weighted by molar-refractivity contribution is 6.33. The highest BCUT2D eigenvalue weighted by atomic mass is 35.5. The zero-order valence-corrected chi connectivity index (χ0v) is 16.8. The Morgan fingerprint density at radius 1 is 0.966 bits per heavy atom. The quantitative estimate of drug-likeness (QED) is 0.614. The molecule has 0 unspecified atom stereocenters. The van der Waals surface area contributed by atoms with Gasteiger partial charge in [-0.2, -0.15) is 0 Å². The lowest BCUT2D eigenvalue weighted by atomic mass is 10.2. The molecular weight excluding hydrogens is 396 g/mol. The van der Waals surface area contributed by atoms with Gasteiger partial charge >= 0.3 is 0 Å². The Bertz CT molecular complexity index is 1060. The first-order valence-electron chi connectivity index (χ1n) is 8.61. The molecular formula is C21H19ClN2O5. The van der Waals surface area contributed by atoms with Gasteiger partial charge in [0.15, 0.2) is 0 Å². The van der Waals surface area contributed by atoms with E-state index in [1.165, 1.54) is 19.1 Å². The van der Waals surface area contributed by atoms with Crippen LogP contribution < -0.4 is 24.5 Å². The number of carbonyl (C=O) groups excluding carboxylic acids is 1. The van der Waals surface area contributed by atoms with Gasteiger partial charge in [0, 0.05) is 12.7 Å². The van der Waals surface area contributed by atoms with E-state index >= 15 is 0 Å². The summed E-state index contributed by atoms with van der Waals surface area (Å²) in [6, 6.07) is 16.2. The number of methoxy groups -OCH3 is 2. The van der Waals surface area contributed by atoms with Gasteiger partial charge in [-0.3, -0.25) is 9.59 Å². The zero-order chi connectivity index (χ0) is 21.0. The van der Waals surface area contributed by atoms with Crippen LogP contribution in [0.1, 0.15) is 10.4 Å². The molecule has 0 saturated heterocycles. The molecule has 8 heteroatoms. The molecule has 7 nitrogen and oxygen atoms in total. The molecule has 0 atom stereocenters. The molecule has 1 amide bonds. The van der Waals surface area contributed by atoms with Crippen molar-refractivity contribution in [2.24, 2.45) is 0 Å². The van der Waals surface area contributed by atoms with Crippen LogP contribution in [0.2, 0.25) is 5.15 Å². The van der Waals surface area contributed by atoms with Crippen LogP contribution in [0.25, 0.3) is 0 Å². The minimum Gasteiger partial charge on any atom is -0.488 e. The predicted octanol–water partition coefficient (Wildman–Crippen LogP) is 4.11. The molecule has 0 aliphatic heterocycles. The van der Waals surface area contributed by atoms with E-state index in [9.17, 15) is 9.59 Å². The van der Waals surface area contributed by atoms with Crippen LogP contribution in [-0.2, 0) is 0 Å². The van der Waals surface area contributed by atoms with E-state index in [1.54, 1.807) is 31.3 Å². The summed E-state index contributed by atoms with van der Waals surface area (Å²) in [6.45, 7) is 0. The number of para-hydroxylation sites is 1. The first-order valence-corrected chi connectivity index (χ1v) is 8.98. The number of nitrogens with one attached hydrogen (secondary N) is 1. The largest absolute Gasteiger partial charge is 0.488 e. The van der Waals surface area contributed by atoms with Gasteiger partial charge in [-0.15, -0.1) is 0 Å². The number of benzene rings is 2. The minimum atomic E-state index is -0.658. The van der Waals surface area contributed by atoms with Crippen LogP contribution in [0.15, 0.2) is 59.4 Å². The SMILES string of the molecule is COc1[nH]c(Cl)c(C(=O)N(C)c2ccc(Oc3ccccc3)cc2)c(=O)c1OC. The van der Waals surface area contributed by atoms with Crippen LogP contribution in [0.3, 0.4) is 0 Å². The smallest absolute Gasteiger partial charge is 0.265 e. The molecule has 1 aromatic heterocycles. The van der Waals surface area contributed by atoms with Gasteiger partial charge in [-0.1, -0.05) is 29.8 Å². The average molecular weight is 415 g/mol. The van der Waals surface area contributed by atoms with Crippen molar-refractivity contribution in [2.45, 2.75) is 0 Å². The summed E-state index contributed by atoms with van der Waals surface area (Å²) in [4.78, 5) is 29.6. The van der Waals surface area contributed by atoms with Gasteiger partial charge in [-0.25, -0.2) is 0 Å². The van der Waals surface area contributed by atoms with Crippen LogP contribution in [0.5, 0.6) is 23.1 Å². The highest BCUT2D eigenvalue weighted by Gasteiger charge is 2.25. The number of ether oxygens (including phenoxy) is 3. The number of hydrogen-bond donors (Lipinski definition) is 1. The first kappa shape index (κ1) is 20.3. The molecule has 1 heterocycles. The summed E-state index contributed by atoms with van der Waals surface area (Å²) in [6.07, 6.45) is 0. The molecule has 0 aliphatic rings. The van der Waals surface area contributed by atoms with Gasteiger partial charge in [0.2, 0.25) is 17.1 Å². The summed E-state index contributed by atoms with van der Waals surface area (Å²) in [7, 11) is 4.21. The Balaban J connectivity index is 1.86. The molecule has 3 rings (SSSR count). The van der Waals surface area contributed by atoms with Crippen molar-refractivity contribution in [1.82, 2.24) is 4.98 Å². The fraction of sp³-hybridized carbons (Fsp3) is 0.143. The fourth-order valence-corrected chi connectivity index (χ4v) is 2.96. The van der Waals surface area contributed by atoms with Crippen LogP contribution in [0, 0.1) is 0 Å². The summed E-state index contributed by atoms with van der Waals surface area (Å²) in [5.41, 5.74) is -0.342. The number of aromatic amines is 1. The average Bonchev–Trinajstić information content (AvgIpc) is 2.74. The van der Waals surface area contributed by atoms with Crippen molar-refractivity contribution < 1.29 is 19.0 Å². The van der Waals surface area contributed by atoms with Gasteiger partial charge < -0.3 is 24.1 Å². The molecule has 0 spiro atoms. The number of nitrogens with zero attached hydrogens (tertiary/aromatic N) is 1. The molecule has 0 fully saturated rings. The van der Waals surface area contributed by atoms with E-state index in [2.05, 4.69) is 4.98 Å². The van der Waals surface area contributed by atoms with E-state index in [0.717, 1.165) is 0 Å². The van der Waals surface area contributed by atoms with Crippen molar-refractivity contribution in [2.75, 3.05) is 26.2 Å². The summed E-state index contributed by atoms with van der Waals surface area (Å²) >= 11 is 6.13. The summed E-state index contributed by atoms with van der Waals surface area (Å²) in [5, 5.41) is -0.131. The van der Waals surface area contributed by atoms with Crippen molar-refractivity contribution >= 4 is 23.2 Å². The molecule has 29 heavy (non-hydrogen) atoms. The Hall–Kier alpha value is -3.45. The normalized spacial score (nSPS) is 10.3. The highest BCUT2D eigenvalue weighted by Crippen LogP contribution is 2.27. The lowest BCUT2D eigenvalue weighted by Crippen LogP contribution is -2.32. The Morgan fingerprint density at radius 2 is 1.59 bits per heavy atom. The van der Waals surface area contributed by atoms with Crippen molar-refractivity contribution in [3.05, 3.63) is 75.5 Å². The molecule has 0 saturated carbocycles. The maximum absolute atomic E-state index is 12.9. The first-order chi connectivity index (χ1) is 14.0. The molecule has 3 aromatic rings. The van der Waals surface area contributed by atoms with Crippen molar-refractivity contribution in [3.63, 3.8) is 0 Å². The maximum Gasteiger partial charge on any atom is 0.265 e. The van der Waals surface area contributed by atoms with Crippen molar-refractivity contribution in [1.29, 1.82) is 0 Å². The predicted molar refractivity (Wildman–Crippen MR) is 111 cm³/mol. The second-order valence-electron chi connectivity index (χ2n) is 5.98. The monoisotopic (exact) mass is 414 g/mol. The van der Waals surface area contributed by atoms with Crippen LogP contribution in [-0.4, -0.2) is 32.2 Å². The Kier molecular flexibility index (Phi) is 6.09. The number of carbonyl (C=O) groups is 1. The van der Waals surface area contributed by atoms with E-state index in [0.29, 0.717) is 17.2 Å². The summed E-state index contributed by atoms with van der Waals surface area (Å²) < 4.78 is 15.8. The number of H-pyrrole nitrogens is 1. The number of amides is 1. The lowest BCUT2D eigenvalue weighted by Gasteiger charge is -2.19. The minimum absolute atomic E-state index is 0.0455. The Labute approximate surface area is 172 Å². The van der Waals surface area contributed by atoms with Gasteiger partial charge in [0.1, 0.15) is 22.2 Å². The van der Waals surface area contributed by atoms with Crippen LogP contribution >= 0.6 is 11.6 Å². The molecule has 1 N–H and O–H groups in total. The molecule has 2 aromatic carbocycles. The molecule has 0 bridgehead atoms. The van der Waals surface area contributed by atoms with Crippen molar-refractivity contribution in [3.8, 4) is 23.1 Å². The third kappa shape index (κ3) is 4.20. The van der Waals surface area contributed by atoms with E-state index in [1.807, 2.05) is 30.3 Å².